The molecule has 2 atom stereocenters. The van der Waals surface area contributed by atoms with Gasteiger partial charge in [0.2, 0.25) is 0 Å². The highest BCUT2D eigenvalue weighted by Gasteiger charge is 2.48. The van der Waals surface area contributed by atoms with Gasteiger partial charge in [0, 0.05) is 19.0 Å². The van der Waals surface area contributed by atoms with Crippen molar-refractivity contribution in [1.82, 2.24) is 14.6 Å². The van der Waals surface area contributed by atoms with Crippen molar-refractivity contribution in [2.75, 3.05) is 11.9 Å². The topological polar surface area (TPSA) is 42.7 Å². The molecule has 0 bridgehead atoms. The minimum Gasteiger partial charge on any atom is -0.483 e. The summed E-state index contributed by atoms with van der Waals surface area (Å²) in [5.41, 5.74) is 2.00. The van der Waals surface area contributed by atoms with E-state index >= 15 is 0 Å². The average Bonchev–Trinajstić information content (AvgIpc) is 3.20. The van der Waals surface area contributed by atoms with Crippen LogP contribution in [-0.4, -0.2) is 33.8 Å². The Bertz CT molecular complexity index is 593. The second-order valence-electron chi connectivity index (χ2n) is 4.59. The van der Waals surface area contributed by atoms with Crippen molar-refractivity contribution in [2.24, 2.45) is 0 Å². The van der Waals surface area contributed by atoms with Crippen molar-refractivity contribution in [3.63, 3.8) is 0 Å². The van der Waals surface area contributed by atoms with Gasteiger partial charge in [-0.3, -0.25) is 0 Å². The lowest BCUT2D eigenvalue weighted by atomic mass is 10.3. The van der Waals surface area contributed by atoms with Gasteiger partial charge in [-0.05, 0) is 6.92 Å². The van der Waals surface area contributed by atoms with E-state index in [1.165, 1.54) is 0 Å². The van der Waals surface area contributed by atoms with Gasteiger partial charge in [-0.1, -0.05) is 27.7 Å². The van der Waals surface area contributed by atoms with E-state index in [0.29, 0.717) is 12.1 Å². The summed E-state index contributed by atoms with van der Waals surface area (Å²) in [5, 5.41) is 4.25. The predicted molar refractivity (Wildman–Crippen MR) is 81.6 cm³/mol. The zero-order valence-electron chi connectivity index (χ0n) is 13.2. The highest BCUT2D eigenvalue weighted by atomic mass is 16.5. The Labute approximate surface area is 120 Å². The molecular formula is C15H24N4O. The molecule has 1 aliphatic carbocycles. The molecule has 4 rings (SSSR count). The maximum atomic E-state index is 5.83. The van der Waals surface area contributed by atoms with Crippen LogP contribution in [0.15, 0.2) is 12.4 Å². The fraction of sp³-hybridized carbons (Fsp3) is 0.600. The van der Waals surface area contributed by atoms with E-state index in [-0.39, 0.29) is 0 Å². The summed E-state index contributed by atoms with van der Waals surface area (Å²) < 4.78 is 7.61. The molecule has 0 N–H and O–H groups in total. The van der Waals surface area contributed by atoms with Crippen molar-refractivity contribution in [3.05, 3.63) is 18.0 Å². The number of likely N-dealkylation sites (N-methyl/N-ethyl adjacent to an activating group) is 1. The molecule has 1 fully saturated rings. The highest BCUT2D eigenvalue weighted by Crippen LogP contribution is 2.43. The number of aryl methyl sites for hydroxylation is 1. The van der Waals surface area contributed by atoms with Crippen molar-refractivity contribution in [1.29, 1.82) is 0 Å². The maximum absolute atomic E-state index is 5.83. The third-order valence-corrected chi connectivity index (χ3v) is 3.43. The first-order valence-electron chi connectivity index (χ1n) is 7.48. The summed E-state index contributed by atoms with van der Waals surface area (Å²) in [6.45, 7) is 10.0. The van der Waals surface area contributed by atoms with E-state index in [1.807, 2.05) is 47.0 Å². The molecule has 2 aromatic heterocycles. The van der Waals surface area contributed by atoms with Gasteiger partial charge in [-0.15, -0.1) is 0 Å². The summed E-state index contributed by atoms with van der Waals surface area (Å²) in [4.78, 5) is 6.85. The zero-order valence-corrected chi connectivity index (χ0v) is 13.2. The lowest BCUT2D eigenvalue weighted by Crippen LogP contribution is -2.30. The number of anilines is 1. The number of hydrogen-bond acceptors (Lipinski definition) is 4. The number of fused-ring (bicyclic) bond motifs is 3. The van der Waals surface area contributed by atoms with E-state index in [9.17, 15) is 0 Å². The Morgan fingerprint density at radius 2 is 1.95 bits per heavy atom. The molecule has 0 radical (unpaired) electrons. The van der Waals surface area contributed by atoms with Crippen LogP contribution >= 0.6 is 0 Å². The van der Waals surface area contributed by atoms with Crippen LogP contribution in [0.4, 0.5) is 5.82 Å². The minimum absolute atomic E-state index is 0.355. The van der Waals surface area contributed by atoms with Crippen molar-refractivity contribution >= 4 is 11.5 Å². The average molecular weight is 276 g/mol. The number of aromatic nitrogens is 3. The summed E-state index contributed by atoms with van der Waals surface area (Å²) in [6, 6.07) is 0.519. The molecule has 2 unspecified atom stereocenters. The standard InChI is InChI=1S/C11H12N4O.2C2H6/c1-6-4-12-15-5-9-11(13-10(6)15)14(2)7-3-8(7)16-9;2*1-2/h4-5,7-8H,3H2,1-2H3;2*1-2H3. The number of nitrogens with zero attached hydrogens (tertiary/aromatic N) is 4. The molecule has 5 nitrogen and oxygen atoms in total. The molecule has 2 aromatic rings. The summed E-state index contributed by atoms with van der Waals surface area (Å²) in [7, 11) is 2.08. The predicted octanol–water partition coefficient (Wildman–Crippen LogP) is 3.06. The second-order valence-corrected chi connectivity index (χ2v) is 4.59. The van der Waals surface area contributed by atoms with E-state index in [0.717, 1.165) is 29.2 Å². The highest BCUT2D eigenvalue weighted by molar-refractivity contribution is 5.62. The number of rotatable bonds is 0. The van der Waals surface area contributed by atoms with Gasteiger partial charge >= 0.3 is 0 Å². The number of hydrogen-bond donors (Lipinski definition) is 0. The van der Waals surface area contributed by atoms with E-state index in [4.69, 9.17) is 4.74 Å². The molecule has 5 heteroatoms. The molecule has 110 valence electrons. The third kappa shape index (κ3) is 2.21. The van der Waals surface area contributed by atoms with Crippen LogP contribution in [0, 0.1) is 6.92 Å². The van der Waals surface area contributed by atoms with Crippen LogP contribution in [0.2, 0.25) is 0 Å². The first-order valence-corrected chi connectivity index (χ1v) is 7.48. The first kappa shape index (κ1) is 14.6. The normalized spacial score (nSPS) is 21.6. The van der Waals surface area contributed by atoms with Crippen LogP contribution in [0.25, 0.3) is 5.65 Å². The molecule has 1 saturated carbocycles. The van der Waals surface area contributed by atoms with Gasteiger partial charge in [0.1, 0.15) is 6.10 Å². The van der Waals surface area contributed by atoms with Gasteiger partial charge in [0.15, 0.2) is 17.2 Å². The van der Waals surface area contributed by atoms with Crippen molar-refractivity contribution in [3.8, 4) is 5.75 Å². The Morgan fingerprint density at radius 1 is 1.25 bits per heavy atom. The molecule has 2 aliphatic rings. The SMILES string of the molecule is CC.CC.Cc1cnn2cc3c(nc12)N(C)C1CC1O3. The minimum atomic E-state index is 0.355. The lowest BCUT2D eigenvalue weighted by Gasteiger charge is -2.25. The Morgan fingerprint density at radius 3 is 2.65 bits per heavy atom. The van der Waals surface area contributed by atoms with E-state index < -0.39 is 0 Å². The molecule has 0 amide bonds. The fourth-order valence-electron chi connectivity index (χ4n) is 2.35. The van der Waals surface area contributed by atoms with Gasteiger partial charge in [0.25, 0.3) is 0 Å². The number of ether oxygens (including phenoxy) is 1. The lowest BCUT2D eigenvalue weighted by molar-refractivity contribution is 0.281. The van der Waals surface area contributed by atoms with Crippen molar-refractivity contribution < 1.29 is 4.74 Å². The van der Waals surface area contributed by atoms with Gasteiger partial charge in [-0.25, -0.2) is 9.50 Å². The fourth-order valence-corrected chi connectivity index (χ4v) is 2.35. The third-order valence-electron chi connectivity index (χ3n) is 3.43. The molecule has 0 aromatic carbocycles. The van der Waals surface area contributed by atoms with E-state index in [1.54, 1.807) is 4.52 Å². The summed E-state index contributed by atoms with van der Waals surface area (Å²) >= 11 is 0. The van der Waals surface area contributed by atoms with Crippen molar-refractivity contribution in [2.45, 2.75) is 53.2 Å². The monoisotopic (exact) mass is 276 g/mol. The van der Waals surface area contributed by atoms with Crippen LogP contribution in [0.3, 0.4) is 0 Å². The van der Waals surface area contributed by atoms with Crippen LogP contribution in [0.1, 0.15) is 39.7 Å². The summed E-state index contributed by atoms with van der Waals surface area (Å²) in [6.07, 6.45) is 5.21. The summed E-state index contributed by atoms with van der Waals surface area (Å²) in [5.74, 6) is 1.78. The molecular weight excluding hydrogens is 252 g/mol. The van der Waals surface area contributed by atoms with Gasteiger partial charge in [-0.2, -0.15) is 5.10 Å². The largest absolute Gasteiger partial charge is 0.483 e. The van der Waals surface area contributed by atoms with Crippen LogP contribution < -0.4 is 9.64 Å². The molecule has 0 spiro atoms. The molecule has 3 heterocycles. The van der Waals surface area contributed by atoms with Crippen LogP contribution in [0.5, 0.6) is 5.75 Å². The Kier molecular flexibility index (Phi) is 4.16. The van der Waals surface area contributed by atoms with E-state index in [2.05, 4.69) is 22.0 Å². The zero-order chi connectivity index (χ0) is 14.9. The maximum Gasteiger partial charge on any atom is 0.180 e. The Balaban J connectivity index is 0.000000340. The van der Waals surface area contributed by atoms with Crippen LogP contribution in [-0.2, 0) is 0 Å². The quantitative estimate of drug-likeness (QED) is 0.741. The molecule has 1 aliphatic heterocycles. The molecule has 0 saturated heterocycles. The smallest absolute Gasteiger partial charge is 0.180 e. The second kappa shape index (κ2) is 5.69. The first-order chi connectivity index (χ1) is 9.74. The van der Waals surface area contributed by atoms with Gasteiger partial charge < -0.3 is 9.64 Å². The molecule has 20 heavy (non-hydrogen) atoms. The van der Waals surface area contributed by atoms with Gasteiger partial charge in [0.05, 0.1) is 18.4 Å². The Hall–Kier alpha value is -1.78.